The van der Waals surface area contributed by atoms with E-state index in [4.69, 9.17) is 18.9 Å². The molecule has 0 saturated carbocycles. The molecule has 2 aliphatic heterocycles. The van der Waals surface area contributed by atoms with E-state index in [0.717, 1.165) is 5.56 Å². The van der Waals surface area contributed by atoms with Crippen molar-refractivity contribution in [1.82, 2.24) is 5.32 Å². The van der Waals surface area contributed by atoms with Crippen LogP contribution in [0.25, 0.3) is 0 Å². The summed E-state index contributed by atoms with van der Waals surface area (Å²) >= 11 is 0. The van der Waals surface area contributed by atoms with Gasteiger partial charge in [0.05, 0.1) is 6.10 Å². The molecule has 7 nitrogen and oxygen atoms in total. The highest BCUT2D eigenvalue weighted by Crippen LogP contribution is 2.34. The SMILES string of the molecule is O=C(NCCC(O)c1ccc2c(c1)OCO2)C1COc2ccccc2O1. The van der Waals surface area contributed by atoms with Crippen molar-refractivity contribution in [3.05, 3.63) is 48.0 Å². The standard InChI is InChI=1S/C19H19NO6/c21-13(12-5-6-15-17(9-12)25-11-24-15)7-8-20-19(22)18-10-23-14-3-1-2-4-16(14)26-18/h1-6,9,13,18,21H,7-8,10-11H2,(H,20,22). The zero-order valence-electron chi connectivity index (χ0n) is 14.0. The van der Waals surface area contributed by atoms with Crippen molar-refractivity contribution in [3.63, 3.8) is 0 Å². The van der Waals surface area contributed by atoms with E-state index < -0.39 is 12.2 Å². The highest BCUT2D eigenvalue weighted by Gasteiger charge is 2.27. The topological polar surface area (TPSA) is 86.3 Å². The van der Waals surface area contributed by atoms with Gasteiger partial charge < -0.3 is 29.4 Å². The molecule has 0 bridgehead atoms. The van der Waals surface area contributed by atoms with Crippen molar-refractivity contribution < 1.29 is 28.8 Å². The van der Waals surface area contributed by atoms with Gasteiger partial charge in [0.15, 0.2) is 23.0 Å². The average Bonchev–Trinajstić information content (AvgIpc) is 3.15. The average molecular weight is 357 g/mol. The molecule has 2 atom stereocenters. The Labute approximate surface area is 150 Å². The van der Waals surface area contributed by atoms with Gasteiger partial charge >= 0.3 is 0 Å². The Morgan fingerprint density at radius 2 is 1.85 bits per heavy atom. The number of aliphatic hydroxyl groups excluding tert-OH is 1. The highest BCUT2D eigenvalue weighted by molar-refractivity contribution is 5.81. The number of nitrogens with one attached hydrogen (secondary N) is 1. The predicted octanol–water partition coefficient (Wildman–Crippen LogP) is 1.79. The summed E-state index contributed by atoms with van der Waals surface area (Å²) in [5.41, 5.74) is 0.717. The number of benzene rings is 2. The van der Waals surface area contributed by atoms with Crippen molar-refractivity contribution in [3.8, 4) is 23.0 Å². The molecule has 2 N–H and O–H groups in total. The minimum atomic E-state index is -0.714. The smallest absolute Gasteiger partial charge is 0.264 e. The van der Waals surface area contributed by atoms with Gasteiger partial charge in [0.1, 0.15) is 6.61 Å². The quantitative estimate of drug-likeness (QED) is 0.849. The van der Waals surface area contributed by atoms with Gasteiger partial charge in [-0.2, -0.15) is 0 Å². The van der Waals surface area contributed by atoms with Crippen LogP contribution in [-0.2, 0) is 4.79 Å². The van der Waals surface area contributed by atoms with Crippen LogP contribution in [0.4, 0.5) is 0 Å². The minimum Gasteiger partial charge on any atom is -0.485 e. The Kier molecular flexibility index (Phi) is 4.53. The second-order valence-corrected chi connectivity index (χ2v) is 6.07. The molecule has 136 valence electrons. The summed E-state index contributed by atoms with van der Waals surface area (Å²) in [7, 11) is 0. The van der Waals surface area contributed by atoms with Crippen molar-refractivity contribution >= 4 is 5.91 Å². The first-order chi connectivity index (χ1) is 12.7. The molecule has 2 heterocycles. The van der Waals surface area contributed by atoms with Crippen LogP contribution in [0.5, 0.6) is 23.0 Å². The molecule has 2 aromatic carbocycles. The summed E-state index contributed by atoms with van der Waals surface area (Å²) in [6.07, 6.45) is -1.04. The van der Waals surface area contributed by atoms with Crippen LogP contribution in [0.3, 0.4) is 0 Å². The molecule has 0 aliphatic carbocycles. The number of carbonyl (C=O) groups excluding carboxylic acids is 1. The molecule has 0 fully saturated rings. The van der Waals surface area contributed by atoms with E-state index in [2.05, 4.69) is 5.32 Å². The number of ether oxygens (including phenoxy) is 4. The Hall–Kier alpha value is -2.93. The van der Waals surface area contributed by atoms with Crippen molar-refractivity contribution in [2.24, 2.45) is 0 Å². The van der Waals surface area contributed by atoms with E-state index >= 15 is 0 Å². The van der Waals surface area contributed by atoms with Crippen molar-refractivity contribution in [2.45, 2.75) is 18.6 Å². The van der Waals surface area contributed by atoms with Gasteiger partial charge in [-0.15, -0.1) is 0 Å². The fourth-order valence-corrected chi connectivity index (χ4v) is 2.88. The Bertz CT molecular complexity index is 808. The van der Waals surface area contributed by atoms with Gasteiger partial charge in [0.2, 0.25) is 12.9 Å². The lowest BCUT2D eigenvalue weighted by Gasteiger charge is -2.25. The molecule has 26 heavy (non-hydrogen) atoms. The molecule has 2 aliphatic rings. The number of amides is 1. The molecule has 4 rings (SSSR count). The zero-order valence-corrected chi connectivity index (χ0v) is 14.0. The summed E-state index contributed by atoms with van der Waals surface area (Å²) < 4.78 is 21.7. The van der Waals surface area contributed by atoms with Gasteiger partial charge in [0, 0.05) is 6.54 Å². The summed E-state index contributed by atoms with van der Waals surface area (Å²) in [4.78, 5) is 12.2. The first-order valence-corrected chi connectivity index (χ1v) is 8.44. The predicted molar refractivity (Wildman–Crippen MR) is 91.5 cm³/mol. The second kappa shape index (κ2) is 7.13. The van der Waals surface area contributed by atoms with Crippen LogP contribution in [0, 0.1) is 0 Å². The minimum absolute atomic E-state index is 0.160. The molecule has 2 aromatic rings. The van der Waals surface area contributed by atoms with Gasteiger partial charge in [0.25, 0.3) is 5.91 Å². The zero-order chi connectivity index (χ0) is 17.9. The Morgan fingerprint density at radius 3 is 2.73 bits per heavy atom. The van der Waals surface area contributed by atoms with E-state index in [1.807, 2.05) is 12.1 Å². The molecule has 7 heteroatoms. The molecule has 1 amide bonds. The van der Waals surface area contributed by atoms with E-state index in [9.17, 15) is 9.90 Å². The lowest BCUT2D eigenvalue weighted by atomic mass is 10.1. The summed E-state index contributed by atoms with van der Waals surface area (Å²) in [6, 6.07) is 12.5. The third-order valence-corrected chi connectivity index (χ3v) is 4.30. The van der Waals surface area contributed by atoms with Crippen LogP contribution >= 0.6 is 0 Å². The van der Waals surface area contributed by atoms with Crippen molar-refractivity contribution in [2.75, 3.05) is 19.9 Å². The molecule has 0 radical (unpaired) electrons. The first-order valence-electron chi connectivity index (χ1n) is 8.44. The fourth-order valence-electron chi connectivity index (χ4n) is 2.88. The number of hydrogen-bond acceptors (Lipinski definition) is 6. The third kappa shape index (κ3) is 3.39. The lowest BCUT2D eigenvalue weighted by Crippen LogP contribution is -2.44. The van der Waals surface area contributed by atoms with Gasteiger partial charge in [-0.3, -0.25) is 4.79 Å². The number of aliphatic hydroxyl groups is 1. The maximum absolute atomic E-state index is 12.2. The highest BCUT2D eigenvalue weighted by atomic mass is 16.7. The van der Waals surface area contributed by atoms with Crippen LogP contribution in [0.15, 0.2) is 42.5 Å². The molecular formula is C19H19NO6. The Morgan fingerprint density at radius 1 is 1.08 bits per heavy atom. The number of para-hydroxylation sites is 2. The van der Waals surface area contributed by atoms with Gasteiger partial charge in [-0.05, 0) is 36.2 Å². The molecule has 2 unspecified atom stereocenters. The Balaban J connectivity index is 1.27. The van der Waals surface area contributed by atoms with E-state index in [0.29, 0.717) is 36.0 Å². The molecule has 0 aromatic heterocycles. The third-order valence-electron chi connectivity index (χ3n) is 4.30. The first kappa shape index (κ1) is 16.5. The van der Waals surface area contributed by atoms with Crippen molar-refractivity contribution in [1.29, 1.82) is 0 Å². The van der Waals surface area contributed by atoms with Crippen LogP contribution in [0.1, 0.15) is 18.1 Å². The number of rotatable bonds is 5. The maximum Gasteiger partial charge on any atom is 0.264 e. The maximum atomic E-state index is 12.2. The van der Waals surface area contributed by atoms with E-state index in [1.165, 1.54) is 0 Å². The number of fused-ring (bicyclic) bond motifs is 2. The number of carbonyl (C=O) groups is 1. The molecular weight excluding hydrogens is 338 g/mol. The molecule has 0 spiro atoms. The monoisotopic (exact) mass is 357 g/mol. The van der Waals surface area contributed by atoms with E-state index in [-0.39, 0.29) is 19.3 Å². The second-order valence-electron chi connectivity index (χ2n) is 6.07. The lowest BCUT2D eigenvalue weighted by molar-refractivity contribution is -0.130. The number of hydrogen-bond donors (Lipinski definition) is 2. The fraction of sp³-hybridized carbons (Fsp3) is 0.316. The van der Waals surface area contributed by atoms with E-state index in [1.54, 1.807) is 30.3 Å². The van der Waals surface area contributed by atoms with Crippen LogP contribution in [-0.4, -0.2) is 37.1 Å². The summed E-state index contributed by atoms with van der Waals surface area (Å²) in [6.45, 7) is 0.668. The molecule has 0 saturated heterocycles. The van der Waals surface area contributed by atoms with Gasteiger partial charge in [-0.1, -0.05) is 18.2 Å². The normalized spacial score (nSPS) is 18.3. The summed E-state index contributed by atoms with van der Waals surface area (Å²) in [5, 5.41) is 13.1. The summed E-state index contributed by atoms with van der Waals surface area (Å²) in [5.74, 6) is 2.22. The van der Waals surface area contributed by atoms with Crippen LogP contribution < -0.4 is 24.3 Å². The van der Waals surface area contributed by atoms with Crippen LogP contribution in [0.2, 0.25) is 0 Å². The largest absolute Gasteiger partial charge is 0.485 e. The van der Waals surface area contributed by atoms with Gasteiger partial charge in [-0.25, -0.2) is 0 Å².